The van der Waals surface area contributed by atoms with Crippen molar-refractivity contribution in [3.05, 3.63) is 206 Å². The molecule has 252 valence electrons. The lowest BCUT2D eigenvalue weighted by Gasteiger charge is -2.45. The first kappa shape index (κ1) is 31.2. The van der Waals surface area contributed by atoms with E-state index in [9.17, 15) is 0 Å². The Hall–Kier alpha value is -6.61. The van der Waals surface area contributed by atoms with Gasteiger partial charge in [-0.1, -0.05) is 109 Å². The van der Waals surface area contributed by atoms with Gasteiger partial charge in [-0.15, -0.1) is 0 Å². The summed E-state index contributed by atoms with van der Waals surface area (Å²) in [7, 11) is -3.37. The maximum atomic E-state index is 16.2. The third kappa shape index (κ3) is 4.95. The van der Waals surface area contributed by atoms with E-state index >= 15 is 4.57 Å². The van der Waals surface area contributed by atoms with Crippen LogP contribution in [0.1, 0.15) is 0 Å². The van der Waals surface area contributed by atoms with E-state index in [4.69, 9.17) is 0 Å². The first-order chi connectivity index (χ1) is 26.2. The highest BCUT2D eigenvalue weighted by Crippen LogP contribution is 2.66. The zero-order chi connectivity index (χ0) is 35.4. The molecule has 8 aromatic carbocycles. The van der Waals surface area contributed by atoms with Crippen molar-refractivity contribution in [3.8, 4) is 22.3 Å². The van der Waals surface area contributed by atoms with Gasteiger partial charge in [0.1, 0.15) is 0 Å². The van der Waals surface area contributed by atoms with Gasteiger partial charge in [-0.3, -0.25) is 9.24 Å². The Morgan fingerprint density at radius 3 is 1.00 bits per heavy atom. The summed E-state index contributed by atoms with van der Waals surface area (Å²) in [5, 5.41) is 1.71. The molecule has 5 heteroatoms. The third-order valence-electron chi connectivity index (χ3n) is 10.3. The van der Waals surface area contributed by atoms with Crippen LogP contribution in [0.5, 0.6) is 0 Å². The average molecular weight is 700 g/mol. The molecule has 2 aliphatic rings. The van der Waals surface area contributed by atoms with Crippen LogP contribution in [0.4, 0.5) is 45.5 Å². The smallest absolute Gasteiger partial charge is 0.235 e. The lowest BCUT2D eigenvalue weighted by molar-refractivity contribution is 0.586. The standard InChI is InChI=1S/C48H34N3OP/c52-53-47-27-15-13-25-41(47)43-33-39(49(35-17-5-1-6-18-35)36-19-7-2-8-20-36)29-31-45(43)51(53)46-32-30-40(34-44(46)42-26-14-16-28-48(42)53)50(37-21-9-3-10-22-37)38-23-11-4-12-24-38/h1-34H. The fraction of sp³-hybridized carbons (Fsp3) is 0. The third-order valence-corrected chi connectivity index (χ3v) is 13.4. The van der Waals surface area contributed by atoms with Gasteiger partial charge in [0.25, 0.3) is 0 Å². The maximum absolute atomic E-state index is 16.2. The highest BCUT2D eigenvalue weighted by Gasteiger charge is 2.47. The van der Waals surface area contributed by atoms with Crippen molar-refractivity contribution in [1.29, 1.82) is 0 Å². The molecule has 0 fully saturated rings. The Labute approximate surface area is 309 Å². The van der Waals surface area contributed by atoms with E-state index in [0.717, 1.165) is 78.4 Å². The van der Waals surface area contributed by atoms with E-state index in [2.05, 4.69) is 184 Å². The van der Waals surface area contributed by atoms with Crippen LogP contribution in [-0.2, 0) is 4.57 Å². The summed E-state index contributed by atoms with van der Waals surface area (Å²) in [5.74, 6) is 0. The van der Waals surface area contributed by atoms with Gasteiger partial charge < -0.3 is 9.80 Å². The van der Waals surface area contributed by atoms with Gasteiger partial charge in [-0.05, 0) is 108 Å². The lowest BCUT2D eigenvalue weighted by Crippen LogP contribution is -2.37. The first-order valence-corrected chi connectivity index (χ1v) is 19.6. The Morgan fingerprint density at radius 1 is 0.321 bits per heavy atom. The summed E-state index contributed by atoms with van der Waals surface area (Å²) in [6.45, 7) is 0. The average Bonchev–Trinajstić information content (AvgIpc) is 3.23. The normalized spacial score (nSPS) is 13.1. The predicted molar refractivity (Wildman–Crippen MR) is 222 cm³/mol. The number of hydrogen-bond donors (Lipinski definition) is 0. The molecule has 53 heavy (non-hydrogen) atoms. The molecule has 0 radical (unpaired) electrons. The predicted octanol–water partition coefficient (Wildman–Crippen LogP) is 12.7. The molecule has 0 atom stereocenters. The van der Waals surface area contributed by atoms with Crippen LogP contribution in [0.2, 0.25) is 0 Å². The second kappa shape index (κ2) is 12.6. The Morgan fingerprint density at radius 2 is 0.642 bits per heavy atom. The van der Waals surface area contributed by atoms with Crippen molar-refractivity contribution in [3.63, 3.8) is 0 Å². The summed E-state index contributed by atoms with van der Waals surface area (Å²) in [4.78, 5) is 4.56. The Bertz CT molecular complexity index is 2400. The molecule has 0 aliphatic carbocycles. The van der Waals surface area contributed by atoms with Crippen molar-refractivity contribution < 1.29 is 4.57 Å². The van der Waals surface area contributed by atoms with Crippen LogP contribution in [0.25, 0.3) is 22.3 Å². The zero-order valence-electron chi connectivity index (χ0n) is 28.8. The molecule has 2 aliphatic heterocycles. The highest BCUT2D eigenvalue weighted by atomic mass is 31.2. The summed E-state index contributed by atoms with van der Waals surface area (Å²) in [6, 6.07) is 71.6. The molecule has 0 bridgehead atoms. The Balaban J connectivity index is 1.20. The number of hydrogen-bond acceptors (Lipinski definition) is 3. The zero-order valence-corrected chi connectivity index (χ0v) is 29.7. The molecular formula is C48H34N3OP. The van der Waals surface area contributed by atoms with Gasteiger partial charge in [0.15, 0.2) is 0 Å². The second-order valence-corrected chi connectivity index (χ2v) is 15.9. The minimum absolute atomic E-state index is 0.855. The molecule has 0 spiro atoms. The molecule has 0 saturated heterocycles. The molecule has 8 aromatic rings. The molecule has 4 nitrogen and oxygen atoms in total. The van der Waals surface area contributed by atoms with Crippen molar-refractivity contribution >= 4 is 63.4 Å². The number of anilines is 8. The monoisotopic (exact) mass is 699 g/mol. The van der Waals surface area contributed by atoms with Crippen LogP contribution in [0, 0.1) is 0 Å². The largest absolute Gasteiger partial charge is 0.310 e. The number of fused-ring (bicyclic) bond motifs is 11. The lowest BCUT2D eigenvalue weighted by atomic mass is 9.98. The topological polar surface area (TPSA) is 26.8 Å². The first-order valence-electron chi connectivity index (χ1n) is 17.9. The summed E-state index contributed by atoms with van der Waals surface area (Å²) < 4.78 is 18.4. The van der Waals surface area contributed by atoms with E-state index in [1.54, 1.807) is 0 Å². The molecule has 2 heterocycles. The van der Waals surface area contributed by atoms with Gasteiger partial charge in [0.05, 0.1) is 11.4 Å². The fourth-order valence-corrected chi connectivity index (χ4v) is 11.3. The highest BCUT2D eigenvalue weighted by molar-refractivity contribution is 7.81. The number of benzene rings is 8. The van der Waals surface area contributed by atoms with Crippen molar-refractivity contribution in [2.45, 2.75) is 0 Å². The van der Waals surface area contributed by atoms with Crippen molar-refractivity contribution in [2.24, 2.45) is 0 Å². The van der Waals surface area contributed by atoms with Crippen LogP contribution in [0.15, 0.2) is 206 Å². The molecule has 0 aromatic heterocycles. The minimum Gasteiger partial charge on any atom is -0.310 e. The van der Waals surface area contributed by atoms with Gasteiger partial charge in [0, 0.05) is 55.9 Å². The molecule has 0 unspecified atom stereocenters. The quantitative estimate of drug-likeness (QED) is 0.161. The summed E-state index contributed by atoms with van der Waals surface area (Å²) in [6.07, 6.45) is 0. The second-order valence-electron chi connectivity index (χ2n) is 13.3. The van der Waals surface area contributed by atoms with Crippen LogP contribution >= 0.6 is 7.29 Å². The van der Waals surface area contributed by atoms with E-state index < -0.39 is 7.29 Å². The molecule has 0 saturated carbocycles. The van der Waals surface area contributed by atoms with Crippen molar-refractivity contribution in [2.75, 3.05) is 14.5 Å². The van der Waals surface area contributed by atoms with E-state index in [-0.39, 0.29) is 0 Å². The maximum Gasteiger partial charge on any atom is 0.235 e. The van der Waals surface area contributed by atoms with Crippen LogP contribution in [-0.4, -0.2) is 0 Å². The van der Waals surface area contributed by atoms with Crippen LogP contribution < -0.4 is 25.1 Å². The van der Waals surface area contributed by atoms with E-state index in [0.29, 0.717) is 0 Å². The SMILES string of the molecule is O=P12c3ccccc3-c3cc(N(c4ccccc4)c4ccccc4)ccc3N1c1ccc(N(c3ccccc3)c3ccccc3)cc1-c1ccccc12. The molecule has 10 rings (SSSR count). The number of rotatable bonds is 6. The molecular weight excluding hydrogens is 666 g/mol. The number of para-hydroxylation sites is 4. The Kier molecular flexibility index (Phi) is 7.38. The number of nitrogens with zero attached hydrogens (tertiary/aromatic N) is 3. The van der Waals surface area contributed by atoms with Gasteiger partial charge in [-0.2, -0.15) is 0 Å². The summed E-state index contributed by atoms with van der Waals surface area (Å²) >= 11 is 0. The van der Waals surface area contributed by atoms with E-state index in [1.807, 2.05) is 36.4 Å². The fourth-order valence-electron chi connectivity index (χ4n) is 8.04. The van der Waals surface area contributed by atoms with Crippen molar-refractivity contribution in [1.82, 2.24) is 0 Å². The summed E-state index contributed by atoms with van der Waals surface area (Å²) in [5.41, 5.74) is 12.3. The molecule has 0 amide bonds. The van der Waals surface area contributed by atoms with Gasteiger partial charge in [-0.25, -0.2) is 0 Å². The van der Waals surface area contributed by atoms with Crippen LogP contribution in [0.3, 0.4) is 0 Å². The van der Waals surface area contributed by atoms with E-state index in [1.165, 1.54) is 0 Å². The minimum atomic E-state index is -3.37. The molecule has 0 N–H and O–H groups in total. The van der Waals surface area contributed by atoms with Gasteiger partial charge >= 0.3 is 0 Å². The van der Waals surface area contributed by atoms with Gasteiger partial charge in [0.2, 0.25) is 7.29 Å².